The van der Waals surface area contributed by atoms with Crippen LogP contribution in [0.2, 0.25) is 0 Å². The molecule has 0 atom stereocenters. The molecule has 5 heteroatoms. The molecule has 0 saturated heterocycles. The van der Waals surface area contributed by atoms with E-state index in [0.717, 1.165) is 17.7 Å². The van der Waals surface area contributed by atoms with Crippen molar-refractivity contribution in [3.63, 3.8) is 0 Å². The summed E-state index contributed by atoms with van der Waals surface area (Å²) in [5, 5.41) is 5.10. The zero-order chi connectivity index (χ0) is 15.9. The first-order chi connectivity index (χ1) is 11.3. The molecule has 1 amide bonds. The van der Waals surface area contributed by atoms with Gasteiger partial charge in [-0.15, -0.1) is 11.3 Å². The molecule has 0 aliphatic heterocycles. The van der Waals surface area contributed by atoms with E-state index in [-0.39, 0.29) is 12.5 Å². The van der Waals surface area contributed by atoms with Crippen molar-refractivity contribution in [3.8, 4) is 5.75 Å². The number of rotatable bonds is 6. The van der Waals surface area contributed by atoms with Crippen LogP contribution in [0.5, 0.6) is 5.75 Å². The van der Waals surface area contributed by atoms with Crippen LogP contribution in [-0.4, -0.2) is 17.5 Å². The topological polar surface area (TPSA) is 51.2 Å². The van der Waals surface area contributed by atoms with Crippen LogP contribution in [0.3, 0.4) is 0 Å². The Morgan fingerprint density at radius 3 is 2.65 bits per heavy atom. The largest absolute Gasteiger partial charge is 0.483 e. The molecular formula is C18H16N2O2S. The highest BCUT2D eigenvalue weighted by molar-refractivity contribution is 7.13. The second-order valence-electron chi connectivity index (χ2n) is 4.94. The van der Waals surface area contributed by atoms with Crippen LogP contribution in [0.4, 0.5) is 5.13 Å². The Morgan fingerprint density at radius 2 is 1.87 bits per heavy atom. The SMILES string of the molecule is O=C(COc1ccccc1Cc1ccccc1)Nc1nccs1. The second-order valence-corrected chi connectivity index (χ2v) is 5.84. The van der Waals surface area contributed by atoms with Crippen LogP contribution in [0.25, 0.3) is 0 Å². The Bertz CT molecular complexity index is 758. The lowest BCUT2D eigenvalue weighted by Gasteiger charge is -2.11. The maximum atomic E-state index is 11.9. The normalized spacial score (nSPS) is 10.3. The lowest BCUT2D eigenvalue weighted by atomic mass is 10.0. The molecule has 23 heavy (non-hydrogen) atoms. The third kappa shape index (κ3) is 4.40. The van der Waals surface area contributed by atoms with E-state index in [9.17, 15) is 4.79 Å². The third-order valence-electron chi connectivity index (χ3n) is 3.25. The number of anilines is 1. The van der Waals surface area contributed by atoms with Crippen molar-refractivity contribution in [2.24, 2.45) is 0 Å². The van der Waals surface area contributed by atoms with E-state index < -0.39 is 0 Å². The molecule has 3 rings (SSSR count). The van der Waals surface area contributed by atoms with Gasteiger partial charge in [0.25, 0.3) is 5.91 Å². The minimum absolute atomic E-state index is 0.0363. The van der Waals surface area contributed by atoms with Crippen LogP contribution in [0, 0.1) is 0 Å². The number of nitrogens with one attached hydrogen (secondary N) is 1. The number of ether oxygens (including phenoxy) is 1. The Morgan fingerprint density at radius 1 is 1.09 bits per heavy atom. The molecule has 0 unspecified atom stereocenters. The molecule has 116 valence electrons. The highest BCUT2D eigenvalue weighted by Gasteiger charge is 2.08. The summed E-state index contributed by atoms with van der Waals surface area (Å²) in [6.45, 7) is -0.0363. The summed E-state index contributed by atoms with van der Waals surface area (Å²) < 4.78 is 5.68. The number of carbonyl (C=O) groups is 1. The average molecular weight is 324 g/mol. The van der Waals surface area contributed by atoms with Gasteiger partial charge in [-0.1, -0.05) is 48.5 Å². The van der Waals surface area contributed by atoms with Gasteiger partial charge in [-0.05, 0) is 17.2 Å². The van der Waals surface area contributed by atoms with Gasteiger partial charge >= 0.3 is 0 Å². The van der Waals surface area contributed by atoms with E-state index in [4.69, 9.17) is 4.74 Å². The molecule has 0 spiro atoms. The molecule has 1 N–H and O–H groups in total. The number of para-hydroxylation sites is 1. The summed E-state index contributed by atoms with van der Waals surface area (Å²) >= 11 is 1.38. The van der Waals surface area contributed by atoms with Crippen LogP contribution in [0.1, 0.15) is 11.1 Å². The van der Waals surface area contributed by atoms with Gasteiger partial charge in [0.1, 0.15) is 5.75 Å². The Balaban J connectivity index is 1.62. The molecule has 0 radical (unpaired) electrons. The van der Waals surface area contributed by atoms with E-state index in [2.05, 4.69) is 22.4 Å². The van der Waals surface area contributed by atoms with Crippen molar-refractivity contribution < 1.29 is 9.53 Å². The highest BCUT2D eigenvalue weighted by Crippen LogP contribution is 2.21. The van der Waals surface area contributed by atoms with Crippen LogP contribution >= 0.6 is 11.3 Å². The molecule has 0 fully saturated rings. The summed E-state index contributed by atoms with van der Waals surface area (Å²) in [4.78, 5) is 15.9. The lowest BCUT2D eigenvalue weighted by molar-refractivity contribution is -0.118. The van der Waals surface area contributed by atoms with Crippen LogP contribution in [0.15, 0.2) is 66.2 Å². The van der Waals surface area contributed by atoms with E-state index in [1.807, 2.05) is 47.8 Å². The molecule has 2 aromatic carbocycles. The number of amides is 1. The van der Waals surface area contributed by atoms with Gasteiger partial charge in [0, 0.05) is 18.0 Å². The fourth-order valence-corrected chi connectivity index (χ4v) is 2.74. The van der Waals surface area contributed by atoms with E-state index >= 15 is 0 Å². The van der Waals surface area contributed by atoms with E-state index in [1.165, 1.54) is 16.9 Å². The minimum atomic E-state index is -0.213. The molecule has 0 bridgehead atoms. The lowest BCUT2D eigenvalue weighted by Crippen LogP contribution is -2.20. The summed E-state index contributed by atoms with van der Waals surface area (Å²) in [7, 11) is 0. The van der Waals surface area contributed by atoms with E-state index in [1.54, 1.807) is 6.20 Å². The molecule has 3 aromatic rings. The number of hydrogen-bond acceptors (Lipinski definition) is 4. The molecule has 0 aliphatic carbocycles. The van der Waals surface area contributed by atoms with Gasteiger partial charge in [-0.3, -0.25) is 10.1 Å². The molecular weight excluding hydrogens is 308 g/mol. The van der Waals surface area contributed by atoms with Crippen LogP contribution < -0.4 is 10.1 Å². The predicted octanol–water partition coefficient (Wildman–Crippen LogP) is 3.75. The third-order valence-corrected chi connectivity index (χ3v) is 3.94. The maximum absolute atomic E-state index is 11.9. The first-order valence-corrected chi connectivity index (χ1v) is 8.13. The summed E-state index contributed by atoms with van der Waals surface area (Å²) in [5.41, 5.74) is 2.26. The quantitative estimate of drug-likeness (QED) is 0.751. The molecule has 1 heterocycles. The number of hydrogen-bond donors (Lipinski definition) is 1. The summed E-state index contributed by atoms with van der Waals surface area (Å²) in [6.07, 6.45) is 2.42. The fraction of sp³-hybridized carbons (Fsp3) is 0.111. The number of carbonyl (C=O) groups excluding carboxylic acids is 1. The van der Waals surface area contributed by atoms with Crippen LogP contribution in [-0.2, 0) is 11.2 Å². The summed E-state index contributed by atoms with van der Waals surface area (Å²) in [5.74, 6) is 0.514. The zero-order valence-electron chi connectivity index (χ0n) is 12.4. The van der Waals surface area contributed by atoms with Crippen molar-refractivity contribution >= 4 is 22.4 Å². The monoisotopic (exact) mass is 324 g/mol. The smallest absolute Gasteiger partial charge is 0.264 e. The van der Waals surface area contributed by atoms with Crippen molar-refractivity contribution in [1.29, 1.82) is 0 Å². The maximum Gasteiger partial charge on any atom is 0.264 e. The zero-order valence-corrected chi connectivity index (χ0v) is 13.3. The average Bonchev–Trinajstić information content (AvgIpc) is 3.08. The molecule has 0 aliphatic rings. The van der Waals surface area contributed by atoms with Gasteiger partial charge in [0.2, 0.25) is 0 Å². The summed E-state index contributed by atoms with van der Waals surface area (Å²) in [6, 6.07) is 18.0. The number of nitrogens with zero attached hydrogens (tertiary/aromatic N) is 1. The first kappa shape index (κ1) is 15.2. The Kier molecular flexibility index (Phi) is 5.01. The number of aromatic nitrogens is 1. The fourth-order valence-electron chi connectivity index (χ4n) is 2.19. The van der Waals surface area contributed by atoms with Gasteiger partial charge in [0.05, 0.1) is 0 Å². The Labute approximate surface area is 138 Å². The molecule has 1 aromatic heterocycles. The van der Waals surface area contributed by atoms with Crippen molar-refractivity contribution in [3.05, 3.63) is 77.3 Å². The molecule has 0 saturated carbocycles. The van der Waals surface area contributed by atoms with Gasteiger partial charge in [-0.2, -0.15) is 0 Å². The second kappa shape index (κ2) is 7.56. The number of benzene rings is 2. The first-order valence-electron chi connectivity index (χ1n) is 7.25. The van der Waals surface area contributed by atoms with E-state index in [0.29, 0.717) is 5.13 Å². The Hall–Kier alpha value is -2.66. The standard InChI is InChI=1S/C18H16N2O2S/c21-17(20-18-19-10-11-23-18)13-22-16-9-5-4-8-15(16)12-14-6-2-1-3-7-14/h1-11H,12-13H2,(H,19,20,21). The van der Waals surface area contributed by atoms with Crippen molar-refractivity contribution in [2.45, 2.75) is 6.42 Å². The molecule has 4 nitrogen and oxygen atoms in total. The van der Waals surface area contributed by atoms with Crippen molar-refractivity contribution in [2.75, 3.05) is 11.9 Å². The predicted molar refractivity (Wildman–Crippen MR) is 91.9 cm³/mol. The van der Waals surface area contributed by atoms with Gasteiger partial charge < -0.3 is 4.74 Å². The minimum Gasteiger partial charge on any atom is -0.483 e. The highest BCUT2D eigenvalue weighted by atomic mass is 32.1. The van der Waals surface area contributed by atoms with Gasteiger partial charge in [0.15, 0.2) is 11.7 Å². The van der Waals surface area contributed by atoms with Crippen molar-refractivity contribution in [1.82, 2.24) is 4.98 Å². The number of thiazole rings is 1. The van der Waals surface area contributed by atoms with Gasteiger partial charge in [-0.25, -0.2) is 4.98 Å².